The number of nitrogens with zero attached hydrogens (tertiary/aromatic N) is 6. The highest BCUT2D eigenvalue weighted by Crippen LogP contribution is 2.25. The zero-order chi connectivity index (χ0) is 17.1. The van der Waals surface area contributed by atoms with E-state index in [1.54, 1.807) is 6.33 Å². The number of rotatable bonds is 3. The molecule has 2 aliphatic rings. The third-order valence-electron chi connectivity index (χ3n) is 5.29. The van der Waals surface area contributed by atoms with Crippen molar-refractivity contribution in [2.45, 2.75) is 19.4 Å². The maximum absolute atomic E-state index is 4.66. The number of pyridine rings is 1. The summed E-state index contributed by atoms with van der Waals surface area (Å²) in [6, 6.07) is 4.17. The second-order valence-corrected chi connectivity index (χ2v) is 7.05. The van der Waals surface area contributed by atoms with Gasteiger partial charge in [0.2, 0.25) is 0 Å². The number of hydrogen-bond donors (Lipinski definition) is 0. The highest BCUT2D eigenvalue weighted by Gasteiger charge is 2.23. The van der Waals surface area contributed by atoms with Gasteiger partial charge in [-0.2, -0.15) is 0 Å². The van der Waals surface area contributed by atoms with Crippen LogP contribution in [0, 0.1) is 0 Å². The molecule has 0 aliphatic carbocycles. The Morgan fingerprint density at radius 2 is 1.84 bits per heavy atom. The summed E-state index contributed by atoms with van der Waals surface area (Å²) >= 11 is 0. The molecule has 0 aromatic carbocycles. The Kier molecular flexibility index (Phi) is 4.90. The molecule has 4 rings (SSSR count). The lowest BCUT2D eigenvalue weighted by Crippen LogP contribution is -2.45. The average molecular weight is 338 g/mol. The van der Waals surface area contributed by atoms with Crippen LogP contribution in [0.5, 0.6) is 0 Å². The van der Waals surface area contributed by atoms with E-state index in [2.05, 4.69) is 42.8 Å². The van der Waals surface area contributed by atoms with E-state index in [4.69, 9.17) is 0 Å². The average Bonchev–Trinajstić information content (AvgIpc) is 2.86. The molecule has 6 nitrogen and oxygen atoms in total. The van der Waals surface area contributed by atoms with Gasteiger partial charge in [0, 0.05) is 70.2 Å². The minimum Gasteiger partial charge on any atom is -0.354 e. The molecule has 0 unspecified atom stereocenters. The molecule has 0 N–H and O–H groups in total. The molecule has 25 heavy (non-hydrogen) atoms. The molecule has 2 aromatic rings. The van der Waals surface area contributed by atoms with Crippen LogP contribution < -0.4 is 4.90 Å². The molecule has 0 saturated carbocycles. The van der Waals surface area contributed by atoms with Crippen LogP contribution in [0.3, 0.4) is 0 Å². The monoisotopic (exact) mass is 338 g/mol. The summed E-state index contributed by atoms with van der Waals surface area (Å²) in [7, 11) is 2.19. The van der Waals surface area contributed by atoms with E-state index < -0.39 is 0 Å². The third-order valence-corrected chi connectivity index (χ3v) is 5.29. The Bertz CT molecular complexity index is 696. The lowest BCUT2D eigenvalue weighted by molar-refractivity contribution is 0.278. The Balaban J connectivity index is 1.49. The van der Waals surface area contributed by atoms with Gasteiger partial charge < -0.3 is 9.80 Å². The van der Waals surface area contributed by atoms with E-state index in [1.165, 1.54) is 22.6 Å². The Morgan fingerprint density at radius 3 is 2.64 bits per heavy atom. The number of fused-ring (bicyclic) bond motifs is 1. The first-order valence-electron chi connectivity index (χ1n) is 9.17. The van der Waals surface area contributed by atoms with Crippen LogP contribution in [-0.4, -0.2) is 71.1 Å². The molecule has 2 aromatic heterocycles. The van der Waals surface area contributed by atoms with Gasteiger partial charge in [0.15, 0.2) is 0 Å². The van der Waals surface area contributed by atoms with Crippen molar-refractivity contribution in [1.82, 2.24) is 24.8 Å². The molecule has 0 amide bonds. The van der Waals surface area contributed by atoms with Crippen molar-refractivity contribution >= 4 is 5.82 Å². The van der Waals surface area contributed by atoms with Gasteiger partial charge in [-0.15, -0.1) is 0 Å². The van der Waals surface area contributed by atoms with Crippen LogP contribution in [0.25, 0.3) is 0 Å². The molecular weight excluding hydrogens is 312 g/mol. The molecule has 132 valence electrons. The third kappa shape index (κ3) is 3.80. The molecular formula is C19H26N6. The van der Waals surface area contributed by atoms with Gasteiger partial charge in [-0.3, -0.25) is 9.88 Å². The number of piperazine rings is 1. The molecule has 0 atom stereocenters. The van der Waals surface area contributed by atoms with Crippen molar-refractivity contribution in [3.8, 4) is 0 Å². The molecule has 4 heterocycles. The van der Waals surface area contributed by atoms with Gasteiger partial charge in [-0.05, 0) is 25.1 Å². The first-order valence-corrected chi connectivity index (χ1v) is 9.17. The first kappa shape index (κ1) is 16.4. The van der Waals surface area contributed by atoms with Crippen LogP contribution in [0.15, 0.2) is 30.9 Å². The number of hydrogen-bond acceptors (Lipinski definition) is 6. The standard InChI is InChI=1S/C19H26N6/c1-23-9-11-25(12-10-23)19-17-4-7-24(8-5-18(17)21-15-22-19)14-16-3-2-6-20-13-16/h2-3,6,13,15H,4-5,7-12,14H2,1H3. The zero-order valence-corrected chi connectivity index (χ0v) is 14.9. The van der Waals surface area contributed by atoms with E-state index in [1.807, 2.05) is 18.5 Å². The minimum atomic E-state index is 0.957. The van der Waals surface area contributed by atoms with Crippen molar-refractivity contribution in [2.75, 3.05) is 51.2 Å². The largest absolute Gasteiger partial charge is 0.354 e. The maximum Gasteiger partial charge on any atom is 0.135 e. The SMILES string of the molecule is CN1CCN(c2ncnc3c2CCN(Cc2cccnc2)CC3)CC1. The van der Waals surface area contributed by atoms with Crippen molar-refractivity contribution in [2.24, 2.45) is 0 Å². The summed E-state index contributed by atoms with van der Waals surface area (Å²) in [5, 5.41) is 0. The van der Waals surface area contributed by atoms with Crippen molar-refractivity contribution in [3.05, 3.63) is 47.7 Å². The maximum atomic E-state index is 4.66. The fourth-order valence-corrected chi connectivity index (χ4v) is 3.75. The minimum absolute atomic E-state index is 0.957. The summed E-state index contributed by atoms with van der Waals surface area (Å²) < 4.78 is 0. The number of aromatic nitrogens is 3. The summed E-state index contributed by atoms with van der Waals surface area (Å²) in [6.45, 7) is 7.37. The summed E-state index contributed by atoms with van der Waals surface area (Å²) in [6.07, 6.45) is 7.58. The summed E-state index contributed by atoms with van der Waals surface area (Å²) in [5.74, 6) is 1.17. The van der Waals surface area contributed by atoms with Crippen LogP contribution in [-0.2, 0) is 19.4 Å². The first-order chi connectivity index (χ1) is 12.3. The second kappa shape index (κ2) is 7.45. The Labute approximate surface area is 149 Å². The summed E-state index contributed by atoms with van der Waals surface area (Å²) in [4.78, 5) is 20.8. The molecule has 0 bridgehead atoms. The van der Waals surface area contributed by atoms with Crippen molar-refractivity contribution < 1.29 is 0 Å². The van der Waals surface area contributed by atoms with E-state index in [0.717, 1.165) is 58.7 Å². The van der Waals surface area contributed by atoms with E-state index in [-0.39, 0.29) is 0 Å². The quantitative estimate of drug-likeness (QED) is 0.839. The van der Waals surface area contributed by atoms with E-state index in [0.29, 0.717) is 0 Å². The smallest absolute Gasteiger partial charge is 0.135 e. The van der Waals surface area contributed by atoms with Gasteiger partial charge in [-0.25, -0.2) is 9.97 Å². The topological polar surface area (TPSA) is 48.4 Å². The van der Waals surface area contributed by atoms with E-state index >= 15 is 0 Å². The van der Waals surface area contributed by atoms with Gasteiger partial charge in [0.1, 0.15) is 12.1 Å². The summed E-state index contributed by atoms with van der Waals surface area (Å²) in [5.41, 5.74) is 3.87. The zero-order valence-electron chi connectivity index (χ0n) is 14.9. The Hall–Kier alpha value is -2.05. The Morgan fingerprint density at radius 1 is 1.00 bits per heavy atom. The molecule has 6 heteroatoms. The molecule has 0 radical (unpaired) electrons. The predicted molar refractivity (Wildman–Crippen MR) is 98.7 cm³/mol. The molecule has 2 aliphatic heterocycles. The van der Waals surface area contributed by atoms with Gasteiger partial charge in [0.05, 0.1) is 5.69 Å². The molecule has 1 fully saturated rings. The lowest BCUT2D eigenvalue weighted by Gasteiger charge is -2.34. The van der Waals surface area contributed by atoms with E-state index in [9.17, 15) is 0 Å². The highest BCUT2D eigenvalue weighted by molar-refractivity contribution is 5.49. The number of likely N-dealkylation sites (N-methyl/N-ethyl adjacent to an activating group) is 1. The van der Waals surface area contributed by atoms with Gasteiger partial charge in [0.25, 0.3) is 0 Å². The molecule has 0 spiro atoms. The number of anilines is 1. The molecule has 1 saturated heterocycles. The second-order valence-electron chi connectivity index (χ2n) is 7.05. The normalized spacial score (nSPS) is 19.5. The highest BCUT2D eigenvalue weighted by atomic mass is 15.3. The van der Waals surface area contributed by atoms with Gasteiger partial charge in [-0.1, -0.05) is 6.07 Å². The fraction of sp³-hybridized carbons (Fsp3) is 0.526. The van der Waals surface area contributed by atoms with Crippen LogP contribution in [0.2, 0.25) is 0 Å². The van der Waals surface area contributed by atoms with Crippen molar-refractivity contribution in [3.63, 3.8) is 0 Å². The predicted octanol–water partition coefficient (Wildman–Crippen LogP) is 1.22. The van der Waals surface area contributed by atoms with Crippen LogP contribution in [0.1, 0.15) is 16.8 Å². The fourth-order valence-electron chi connectivity index (χ4n) is 3.75. The van der Waals surface area contributed by atoms with Crippen molar-refractivity contribution in [1.29, 1.82) is 0 Å². The van der Waals surface area contributed by atoms with Crippen LogP contribution >= 0.6 is 0 Å². The van der Waals surface area contributed by atoms with Gasteiger partial charge >= 0.3 is 0 Å². The lowest BCUT2D eigenvalue weighted by atomic mass is 10.1. The van der Waals surface area contributed by atoms with Crippen LogP contribution in [0.4, 0.5) is 5.82 Å².